The van der Waals surface area contributed by atoms with Crippen LogP contribution in [0.1, 0.15) is 5.56 Å². The zero-order chi connectivity index (χ0) is 9.14. The van der Waals surface area contributed by atoms with Crippen molar-refractivity contribution in [2.45, 2.75) is 6.42 Å². The number of rotatable bonds is 2. The van der Waals surface area contributed by atoms with Crippen molar-refractivity contribution in [3.05, 3.63) is 34.4 Å². The number of aliphatic hydroxyl groups excluding tert-OH is 1. The minimum Gasteiger partial charge on any atom is -0.396 e. The van der Waals surface area contributed by atoms with E-state index in [2.05, 4.69) is 0 Å². The highest BCUT2D eigenvalue weighted by atomic mass is 35.5. The zero-order valence-corrected chi connectivity index (χ0v) is 6.91. The van der Waals surface area contributed by atoms with Crippen LogP contribution < -0.4 is 0 Å². The molecule has 1 rings (SSSR count). The molecule has 0 heterocycles. The van der Waals surface area contributed by atoms with Gasteiger partial charge in [0.05, 0.1) is 0 Å². The van der Waals surface area contributed by atoms with Gasteiger partial charge in [-0.2, -0.15) is 0 Å². The summed E-state index contributed by atoms with van der Waals surface area (Å²) < 4.78 is 25.4. The van der Waals surface area contributed by atoms with E-state index in [1.165, 1.54) is 0 Å². The molecule has 0 aliphatic carbocycles. The summed E-state index contributed by atoms with van der Waals surface area (Å²) in [5, 5.41) is 7.99. The Morgan fingerprint density at radius 1 is 1.25 bits per heavy atom. The summed E-state index contributed by atoms with van der Waals surface area (Å²) in [5.41, 5.74) is 0.400. The van der Waals surface area contributed by atoms with E-state index in [-0.39, 0.29) is 13.0 Å². The Bertz CT molecular complexity index is 265. The molecule has 1 aromatic rings. The second kappa shape index (κ2) is 3.83. The molecule has 12 heavy (non-hydrogen) atoms. The second-order valence-corrected chi connectivity index (χ2v) is 2.73. The van der Waals surface area contributed by atoms with E-state index in [0.29, 0.717) is 5.56 Å². The van der Waals surface area contributed by atoms with Gasteiger partial charge in [0.25, 0.3) is 0 Å². The highest BCUT2D eigenvalue weighted by Gasteiger charge is 2.07. The Hall–Kier alpha value is -0.670. The van der Waals surface area contributed by atoms with Crippen LogP contribution in [-0.2, 0) is 6.42 Å². The van der Waals surface area contributed by atoms with E-state index in [1.54, 1.807) is 0 Å². The lowest BCUT2D eigenvalue weighted by Gasteiger charge is -2.01. The molecule has 4 heteroatoms. The van der Waals surface area contributed by atoms with E-state index in [9.17, 15) is 8.78 Å². The first-order valence-electron chi connectivity index (χ1n) is 3.39. The van der Waals surface area contributed by atoms with Crippen LogP contribution in [-0.4, -0.2) is 11.7 Å². The molecule has 0 saturated carbocycles. The minimum absolute atomic E-state index is 0.138. The number of benzene rings is 1. The number of halogens is 3. The predicted octanol–water partition coefficient (Wildman–Crippen LogP) is 2.15. The van der Waals surface area contributed by atoms with Gasteiger partial charge in [0.1, 0.15) is 16.7 Å². The fourth-order valence-corrected chi connectivity index (χ4v) is 0.991. The normalized spacial score (nSPS) is 10.3. The molecule has 1 nitrogen and oxygen atoms in total. The van der Waals surface area contributed by atoms with Gasteiger partial charge in [-0.15, -0.1) is 0 Å². The summed E-state index contributed by atoms with van der Waals surface area (Å²) in [6.45, 7) is -0.138. The van der Waals surface area contributed by atoms with Gasteiger partial charge in [-0.05, 0) is 24.1 Å². The molecule has 0 atom stereocenters. The molecular weight excluding hydrogens is 186 g/mol. The van der Waals surface area contributed by atoms with Crippen molar-refractivity contribution in [3.8, 4) is 0 Å². The first-order chi connectivity index (χ1) is 5.65. The molecular formula is C8H7ClF2O. The topological polar surface area (TPSA) is 20.2 Å². The summed E-state index contributed by atoms with van der Waals surface area (Å²) in [6.07, 6.45) is 0.227. The lowest BCUT2D eigenvalue weighted by molar-refractivity contribution is 0.299. The molecule has 0 bridgehead atoms. The van der Waals surface area contributed by atoms with Crippen LogP contribution in [0.25, 0.3) is 0 Å². The Kier molecular flexibility index (Phi) is 3.00. The molecule has 66 valence electrons. The Morgan fingerprint density at radius 2 is 1.75 bits per heavy atom. The van der Waals surface area contributed by atoms with Crippen molar-refractivity contribution in [2.75, 3.05) is 6.61 Å². The van der Waals surface area contributed by atoms with Crippen LogP contribution in [0, 0.1) is 11.6 Å². The molecule has 1 aromatic carbocycles. The maximum absolute atomic E-state index is 12.7. The van der Waals surface area contributed by atoms with Crippen LogP contribution in [0.5, 0.6) is 0 Å². The summed E-state index contributed by atoms with van der Waals surface area (Å²) >= 11 is 5.24. The molecule has 0 amide bonds. The van der Waals surface area contributed by atoms with Crippen molar-refractivity contribution in [1.29, 1.82) is 0 Å². The summed E-state index contributed by atoms with van der Waals surface area (Å²) in [7, 11) is 0. The van der Waals surface area contributed by atoms with Gasteiger partial charge in [0, 0.05) is 6.61 Å². The number of aliphatic hydroxyl groups is 1. The predicted molar refractivity (Wildman–Crippen MR) is 42.2 cm³/mol. The van der Waals surface area contributed by atoms with E-state index in [4.69, 9.17) is 16.7 Å². The highest BCUT2D eigenvalue weighted by molar-refractivity contribution is 6.30. The number of hydrogen-bond acceptors (Lipinski definition) is 1. The number of hydrogen-bond donors (Lipinski definition) is 1. The summed E-state index contributed by atoms with van der Waals surface area (Å²) in [4.78, 5) is 0. The van der Waals surface area contributed by atoms with Crippen molar-refractivity contribution in [2.24, 2.45) is 0 Å². The quantitative estimate of drug-likeness (QED) is 0.712. The summed E-state index contributed by atoms with van der Waals surface area (Å²) in [6, 6.07) is 2.23. The van der Waals surface area contributed by atoms with Crippen molar-refractivity contribution in [1.82, 2.24) is 0 Å². The summed E-state index contributed by atoms with van der Waals surface area (Å²) in [5.74, 6) is -1.58. The van der Waals surface area contributed by atoms with E-state index >= 15 is 0 Å². The van der Waals surface area contributed by atoms with Gasteiger partial charge in [-0.1, -0.05) is 11.6 Å². The molecule has 0 radical (unpaired) electrons. The van der Waals surface area contributed by atoms with Gasteiger partial charge >= 0.3 is 0 Å². The van der Waals surface area contributed by atoms with Gasteiger partial charge < -0.3 is 5.11 Å². The van der Waals surface area contributed by atoms with E-state index in [1.807, 2.05) is 0 Å². The standard InChI is InChI=1S/C8H7ClF2O/c9-8-6(10)3-5(1-2-12)4-7(8)11/h3-4,12H,1-2H2. The maximum atomic E-state index is 12.7. The molecule has 0 spiro atoms. The lowest BCUT2D eigenvalue weighted by atomic mass is 10.1. The van der Waals surface area contributed by atoms with Gasteiger partial charge in [-0.3, -0.25) is 0 Å². The Morgan fingerprint density at radius 3 is 2.17 bits per heavy atom. The molecule has 0 aromatic heterocycles. The smallest absolute Gasteiger partial charge is 0.145 e. The Labute approximate surface area is 73.6 Å². The monoisotopic (exact) mass is 192 g/mol. The third-order valence-corrected chi connectivity index (χ3v) is 1.81. The van der Waals surface area contributed by atoms with Gasteiger partial charge in [0.2, 0.25) is 0 Å². The fourth-order valence-electron chi connectivity index (χ4n) is 0.881. The van der Waals surface area contributed by atoms with Crippen LogP contribution in [0.2, 0.25) is 5.02 Å². The van der Waals surface area contributed by atoms with Crippen LogP contribution in [0.15, 0.2) is 12.1 Å². The zero-order valence-electron chi connectivity index (χ0n) is 6.15. The van der Waals surface area contributed by atoms with E-state index < -0.39 is 16.7 Å². The lowest BCUT2D eigenvalue weighted by Crippen LogP contribution is -1.94. The third-order valence-electron chi connectivity index (χ3n) is 1.44. The molecule has 0 unspecified atom stereocenters. The average molecular weight is 193 g/mol. The molecule has 0 fully saturated rings. The van der Waals surface area contributed by atoms with Crippen molar-refractivity contribution >= 4 is 11.6 Å². The molecule has 0 saturated heterocycles. The SMILES string of the molecule is OCCc1cc(F)c(Cl)c(F)c1. The van der Waals surface area contributed by atoms with Gasteiger partial charge in [0.15, 0.2) is 0 Å². The molecule has 0 aliphatic rings. The van der Waals surface area contributed by atoms with Crippen LogP contribution in [0.3, 0.4) is 0 Å². The van der Waals surface area contributed by atoms with Crippen molar-refractivity contribution in [3.63, 3.8) is 0 Å². The Balaban J connectivity index is 3.04. The molecule has 1 N–H and O–H groups in total. The third kappa shape index (κ3) is 1.93. The average Bonchev–Trinajstić information content (AvgIpc) is 2.01. The van der Waals surface area contributed by atoms with Gasteiger partial charge in [-0.25, -0.2) is 8.78 Å². The largest absolute Gasteiger partial charge is 0.396 e. The van der Waals surface area contributed by atoms with Crippen LogP contribution >= 0.6 is 11.6 Å². The van der Waals surface area contributed by atoms with Crippen molar-refractivity contribution < 1.29 is 13.9 Å². The fraction of sp³-hybridized carbons (Fsp3) is 0.250. The van der Waals surface area contributed by atoms with Crippen LogP contribution in [0.4, 0.5) is 8.78 Å². The second-order valence-electron chi connectivity index (χ2n) is 2.35. The first kappa shape index (κ1) is 9.42. The highest BCUT2D eigenvalue weighted by Crippen LogP contribution is 2.20. The first-order valence-corrected chi connectivity index (χ1v) is 3.77. The maximum Gasteiger partial charge on any atom is 0.145 e. The molecule has 0 aliphatic heterocycles. The van der Waals surface area contributed by atoms with E-state index in [0.717, 1.165) is 12.1 Å². The minimum atomic E-state index is -0.792.